The Morgan fingerprint density at radius 3 is 1.70 bits per heavy atom. The molecule has 0 aliphatic carbocycles. The van der Waals surface area contributed by atoms with Gasteiger partial charge in [0.05, 0.1) is 25.5 Å². The summed E-state index contributed by atoms with van der Waals surface area (Å²) < 4.78 is 31.9. The largest absolute Gasteiger partial charge is 0.494 e. The van der Waals surface area contributed by atoms with E-state index in [1.807, 2.05) is 121 Å². The van der Waals surface area contributed by atoms with E-state index >= 15 is 0 Å². The summed E-state index contributed by atoms with van der Waals surface area (Å²) in [5, 5.41) is 7.73. The lowest BCUT2D eigenvalue weighted by molar-refractivity contribution is 0.0974. The number of unbranched alkanes of at least 4 members (excludes halogenated alkanes) is 2. The maximum atomic E-state index is 5.59. The average Bonchev–Trinajstić information content (AvgIpc) is 3.77. The lowest BCUT2D eigenvalue weighted by Gasteiger charge is -2.06. The van der Waals surface area contributed by atoms with Crippen LogP contribution in [0, 0.1) is 6.92 Å². The lowest BCUT2D eigenvalue weighted by Crippen LogP contribution is -2.07. The van der Waals surface area contributed by atoms with E-state index in [0.29, 0.717) is 26.4 Å². The minimum absolute atomic E-state index is 0.511. The summed E-state index contributed by atoms with van der Waals surface area (Å²) in [6.07, 6.45) is 6.59. The van der Waals surface area contributed by atoms with Crippen molar-refractivity contribution in [3.8, 4) is 11.5 Å². The van der Waals surface area contributed by atoms with Crippen molar-refractivity contribution in [1.82, 2.24) is 10.3 Å². The topological polar surface area (TPSA) is 89.0 Å². The number of benzene rings is 2. The summed E-state index contributed by atoms with van der Waals surface area (Å²) in [6, 6.07) is 23.4. The van der Waals surface area contributed by atoms with E-state index in [1.165, 1.54) is 0 Å². The standard InChI is InChI=1S/2C15H19NO3.3C2H6/c1-13-11-14(16-19-13)12-17-9-5-6-10-18-15-7-3-2-4-8-15;1-2-7-15(8-3-1)18-13-12-17-10-5-4-6-14-9-11-19-16-14;3*1-2/h2-4,7-8,11H,5-6,9-10,12H2,1H3;1-3,7-9,11H,4-6,10,12-13H2;3*1-2H3. The molecule has 0 unspecified atom stereocenters. The van der Waals surface area contributed by atoms with Gasteiger partial charge in [-0.05, 0) is 63.3 Å². The molecule has 44 heavy (non-hydrogen) atoms. The monoisotopic (exact) mass is 612 g/mol. The third-order valence-electron chi connectivity index (χ3n) is 5.32. The molecule has 8 heteroatoms. The fraction of sp³-hybridized carbons (Fsp3) is 0.500. The van der Waals surface area contributed by atoms with Gasteiger partial charge in [-0.25, -0.2) is 0 Å². The normalized spacial score (nSPS) is 9.52. The molecular weight excluding hydrogens is 556 g/mol. The second-order valence-electron chi connectivity index (χ2n) is 8.57. The van der Waals surface area contributed by atoms with Crippen LogP contribution in [0.1, 0.15) is 84.4 Å². The van der Waals surface area contributed by atoms with Gasteiger partial charge in [0.15, 0.2) is 0 Å². The van der Waals surface area contributed by atoms with Crippen molar-refractivity contribution in [3.05, 3.63) is 96.2 Å². The quantitative estimate of drug-likeness (QED) is 0.109. The minimum Gasteiger partial charge on any atom is -0.494 e. The van der Waals surface area contributed by atoms with Crippen LogP contribution < -0.4 is 9.47 Å². The van der Waals surface area contributed by atoms with Crippen molar-refractivity contribution >= 4 is 0 Å². The number of aromatic nitrogens is 2. The van der Waals surface area contributed by atoms with Gasteiger partial charge in [-0.2, -0.15) is 0 Å². The SMILES string of the molecule is CC.CC.CC.Cc1cc(COCCCCOc2ccccc2)no1.c1ccc(OCCOCCCCc2ccon2)cc1. The van der Waals surface area contributed by atoms with Gasteiger partial charge in [-0.15, -0.1) is 0 Å². The summed E-state index contributed by atoms with van der Waals surface area (Å²) in [6.45, 7) is 17.8. The van der Waals surface area contributed by atoms with E-state index < -0.39 is 0 Å². The van der Waals surface area contributed by atoms with Crippen LogP contribution in [0.5, 0.6) is 11.5 Å². The Labute approximate surface area is 266 Å². The molecular formula is C36H56N2O6. The molecule has 0 N–H and O–H groups in total. The van der Waals surface area contributed by atoms with Crippen molar-refractivity contribution in [2.24, 2.45) is 0 Å². The van der Waals surface area contributed by atoms with Crippen LogP contribution in [0.25, 0.3) is 0 Å². The van der Waals surface area contributed by atoms with Crippen LogP contribution in [-0.4, -0.2) is 43.3 Å². The molecule has 0 amide bonds. The Hall–Kier alpha value is -3.62. The van der Waals surface area contributed by atoms with Crippen LogP contribution in [-0.2, 0) is 22.5 Å². The summed E-state index contributed by atoms with van der Waals surface area (Å²) in [4.78, 5) is 0. The number of hydrogen-bond donors (Lipinski definition) is 0. The highest BCUT2D eigenvalue weighted by Crippen LogP contribution is 2.10. The molecule has 0 fully saturated rings. The fourth-order valence-electron chi connectivity index (χ4n) is 3.39. The van der Waals surface area contributed by atoms with E-state index in [-0.39, 0.29) is 0 Å². The van der Waals surface area contributed by atoms with Crippen LogP contribution in [0.3, 0.4) is 0 Å². The van der Waals surface area contributed by atoms with E-state index in [0.717, 1.165) is 74.0 Å². The molecule has 8 nitrogen and oxygen atoms in total. The van der Waals surface area contributed by atoms with Crippen molar-refractivity contribution in [1.29, 1.82) is 0 Å². The zero-order valence-corrected chi connectivity index (χ0v) is 28.1. The van der Waals surface area contributed by atoms with Gasteiger partial charge in [0.2, 0.25) is 0 Å². The zero-order chi connectivity index (χ0) is 32.5. The number of rotatable bonds is 17. The van der Waals surface area contributed by atoms with Gasteiger partial charge in [-0.1, -0.05) is 88.3 Å². The summed E-state index contributed by atoms with van der Waals surface area (Å²) >= 11 is 0. The van der Waals surface area contributed by atoms with Gasteiger partial charge in [0.25, 0.3) is 0 Å². The first-order chi connectivity index (χ1) is 21.8. The molecule has 2 heterocycles. The minimum atomic E-state index is 0.511. The third-order valence-corrected chi connectivity index (χ3v) is 5.32. The molecule has 4 aromatic rings. The van der Waals surface area contributed by atoms with Gasteiger partial charge in [0.1, 0.15) is 35.8 Å². The van der Waals surface area contributed by atoms with E-state index in [1.54, 1.807) is 6.26 Å². The average molecular weight is 613 g/mol. The smallest absolute Gasteiger partial charge is 0.134 e. The maximum Gasteiger partial charge on any atom is 0.134 e. The summed E-state index contributed by atoms with van der Waals surface area (Å²) in [7, 11) is 0. The van der Waals surface area contributed by atoms with Gasteiger partial charge in [-0.3, -0.25) is 0 Å². The Morgan fingerprint density at radius 1 is 0.568 bits per heavy atom. The lowest BCUT2D eigenvalue weighted by atomic mass is 10.2. The number of nitrogens with zero attached hydrogens (tertiary/aromatic N) is 2. The van der Waals surface area contributed by atoms with Crippen LogP contribution >= 0.6 is 0 Å². The number of aryl methyl sites for hydroxylation is 2. The molecule has 0 radical (unpaired) electrons. The van der Waals surface area contributed by atoms with Crippen molar-refractivity contribution < 1.29 is 28.0 Å². The van der Waals surface area contributed by atoms with Crippen molar-refractivity contribution in [3.63, 3.8) is 0 Å². The second-order valence-corrected chi connectivity index (χ2v) is 8.57. The second kappa shape index (κ2) is 30.8. The van der Waals surface area contributed by atoms with Gasteiger partial charge in [0, 0.05) is 25.3 Å². The van der Waals surface area contributed by atoms with E-state index in [2.05, 4.69) is 10.3 Å². The van der Waals surface area contributed by atoms with Gasteiger partial charge >= 0.3 is 0 Å². The maximum absolute atomic E-state index is 5.59. The van der Waals surface area contributed by atoms with Gasteiger partial charge < -0.3 is 28.0 Å². The summed E-state index contributed by atoms with van der Waals surface area (Å²) in [5.74, 6) is 2.62. The Morgan fingerprint density at radius 2 is 1.14 bits per heavy atom. The molecule has 0 bridgehead atoms. The highest BCUT2D eigenvalue weighted by Gasteiger charge is 2.00. The molecule has 0 aliphatic rings. The predicted molar refractivity (Wildman–Crippen MR) is 178 cm³/mol. The molecule has 246 valence electrons. The molecule has 0 atom stereocenters. The predicted octanol–water partition coefficient (Wildman–Crippen LogP) is 9.53. The third kappa shape index (κ3) is 22.0. The van der Waals surface area contributed by atoms with Crippen LogP contribution in [0.15, 0.2) is 88.1 Å². The zero-order valence-electron chi connectivity index (χ0n) is 28.1. The molecule has 2 aromatic carbocycles. The molecule has 0 spiro atoms. The van der Waals surface area contributed by atoms with Crippen molar-refractivity contribution in [2.75, 3.05) is 33.0 Å². The number of hydrogen-bond acceptors (Lipinski definition) is 8. The Bertz CT molecular complexity index is 1070. The fourth-order valence-corrected chi connectivity index (χ4v) is 3.39. The Balaban J connectivity index is 0.000000719. The first kappa shape index (κ1) is 40.4. The van der Waals surface area contributed by atoms with E-state index in [4.69, 9.17) is 28.0 Å². The summed E-state index contributed by atoms with van der Waals surface area (Å²) in [5.41, 5.74) is 1.85. The van der Waals surface area contributed by atoms with Crippen LogP contribution in [0.2, 0.25) is 0 Å². The molecule has 2 aromatic heterocycles. The highest BCUT2D eigenvalue weighted by atomic mass is 16.5. The molecule has 4 rings (SSSR count). The highest BCUT2D eigenvalue weighted by molar-refractivity contribution is 5.21. The molecule has 0 saturated heterocycles. The van der Waals surface area contributed by atoms with Crippen molar-refractivity contribution in [2.45, 2.75) is 87.2 Å². The first-order valence-electron chi connectivity index (χ1n) is 16.1. The number of para-hydroxylation sites is 2. The van der Waals surface area contributed by atoms with Crippen LogP contribution in [0.4, 0.5) is 0 Å². The molecule has 0 aliphatic heterocycles. The van der Waals surface area contributed by atoms with E-state index in [9.17, 15) is 0 Å². The first-order valence-corrected chi connectivity index (χ1v) is 16.1. The molecule has 0 saturated carbocycles. The number of ether oxygens (including phenoxy) is 4. The Kier molecular flexibility index (Phi) is 28.3.